The Balaban J connectivity index is 1.22. The number of esters is 2. The highest BCUT2D eigenvalue weighted by Crippen LogP contribution is 2.17. The molecule has 0 aliphatic carbocycles. The van der Waals surface area contributed by atoms with Crippen molar-refractivity contribution in [2.24, 2.45) is 0 Å². The van der Waals surface area contributed by atoms with Gasteiger partial charge in [-0.3, -0.25) is 0 Å². The topological polar surface area (TPSA) is 114 Å². The first-order valence-corrected chi connectivity index (χ1v) is 14.5. The number of rotatable bonds is 17. The van der Waals surface area contributed by atoms with Crippen molar-refractivity contribution in [2.45, 2.75) is 64.7 Å². The van der Waals surface area contributed by atoms with Gasteiger partial charge in [-0.15, -0.1) is 0 Å². The summed E-state index contributed by atoms with van der Waals surface area (Å²) in [7, 11) is 0. The van der Waals surface area contributed by atoms with Crippen molar-refractivity contribution in [1.29, 1.82) is 0 Å². The highest BCUT2D eigenvalue weighted by Gasteiger charge is 2.08. The van der Waals surface area contributed by atoms with E-state index in [1.807, 2.05) is 48.5 Å². The number of hydrogen-bond donors (Lipinski definition) is 2. The summed E-state index contributed by atoms with van der Waals surface area (Å²) in [6.45, 7) is 3.21. The molecule has 4 N–H and O–H groups in total. The third-order valence-corrected chi connectivity index (χ3v) is 6.51. The first-order valence-electron chi connectivity index (χ1n) is 14.5. The molecule has 0 heterocycles. The lowest BCUT2D eigenvalue weighted by atomic mass is 10.1. The Morgan fingerprint density at radius 1 is 0.732 bits per heavy atom. The van der Waals surface area contributed by atoms with E-state index in [4.69, 9.17) is 25.7 Å². The quantitative estimate of drug-likeness (QED) is 0.0584. The molecule has 0 spiro atoms. The van der Waals surface area contributed by atoms with Gasteiger partial charge in [0.05, 0.1) is 18.8 Å². The van der Waals surface area contributed by atoms with E-state index in [1.165, 1.54) is 11.6 Å². The van der Waals surface area contributed by atoms with Gasteiger partial charge in [0.15, 0.2) is 0 Å². The number of ether oxygens (including phenoxy) is 3. The van der Waals surface area contributed by atoms with Gasteiger partial charge >= 0.3 is 11.9 Å². The molecule has 0 aromatic heterocycles. The van der Waals surface area contributed by atoms with Crippen molar-refractivity contribution in [2.75, 3.05) is 24.7 Å². The summed E-state index contributed by atoms with van der Waals surface area (Å²) in [5, 5.41) is 0. The molecule has 0 atom stereocenters. The molecular formula is C34H42N2O5. The van der Waals surface area contributed by atoms with Crippen LogP contribution >= 0.6 is 0 Å². The van der Waals surface area contributed by atoms with Crippen LogP contribution in [0.25, 0.3) is 6.08 Å². The van der Waals surface area contributed by atoms with Gasteiger partial charge in [0, 0.05) is 17.5 Å². The Labute approximate surface area is 243 Å². The molecule has 0 radical (unpaired) electrons. The van der Waals surface area contributed by atoms with Crippen LogP contribution in [-0.2, 0) is 16.0 Å². The highest BCUT2D eigenvalue weighted by molar-refractivity contribution is 5.91. The molecule has 0 unspecified atom stereocenters. The van der Waals surface area contributed by atoms with Crippen molar-refractivity contribution in [1.82, 2.24) is 0 Å². The van der Waals surface area contributed by atoms with Crippen LogP contribution in [0.3, 0.4) is 0 Å². The van der Waals surface area contributed by atoms with Crippen molar-refractivity contribution < 1.29 is 23.8 Å². The summed E-state index contributed by atoms with van der Waals surface area (Å²) in [5.41, 5.74) is 14.9. The highest BCUT2D eigenvalue weighted by atomic mass is 16.5. The first-order chi connectivity index (χ1) is 19.9. The minimum Gasteiger partial charge on any atom is -0.494 e. The average Bonchev–Trinajstić information content (AvgIpc) is 2.96. The normalized spacial score (nSPS) is 11.0. The number of carbonyl (C=O) groups is 2. The molecule has 0 bridgehead atoms. The van der Waals surface area contributed by atoms with Crippen LogP contribution in [0.5, 0.6) is 11.5 Å². The monoisotopic (exact) mass is 558 g/mol. The second-order valence-electron chi connectivity index (χ2n) is 10.1. The zero-order valence-corrected chi connectivity index (χ0v) is 24.0. The molecular weight excluding hydrogens is 516 g/mol. The molecule has 0 aliphatic heterocycles. The summed E-state index contributed by atoms with van der Waals surface area (Å²) < 4.78 is 16.5. The van der Waals surface area contributed by atoms with Crippen LogP contribution in [0.2, 0.25) is 0 Å². The number of benzene rings is 3. The standard InChI is InChI=1S/C34H42N2O5/c1-2-3-10-26-13-18-32(19-14-26)41-33(37)20-15-27-11-16-31(17-12-27)39-21-8-6-4-5-7-9-22-40-34(38)28-23-29(35)25-30(36)24-28/h11-20,23-25H,2-10,21-22,35-36H2,1H3/b20-15+. The minimum absolute atomic E-state index is 0.383. The van der Waals surface area contributed by atoms with Gasteiger partial charge < -0.3 is 25.7 Å². The molecule has 3 aromatic rings. The minimum atomic E-state index is -0.406. The van der Waals surface area contributed by atoms with E-state index in [9.17, 15) is 9.59 Å². The lowest BCUT2D eigenvalue weighted by Crippen LogP contribution is -2.07. The van der Waals surface area contributed by atoms with Crippen LogP contribution in [0.1, 0.15) is 79.8 Å². The number of carbonyl (C=O) groups excluding carboxylic acids is 2. The Hall–Kier alpha value is -4.26. The van der Waals surface area contributed by atoms with Gasteiger partial charge in [-0.25, -0.2) is 9.59 Å². The summed E-state index contributed by atoms with van der Waals surface area (Å²) in [5.74, 6) is 0.546. The number of aryl methyl sites for hydroxylation is 1. The van der Waals surface area contributed by atoms with Crippen LogP contribution < -0.4 is 20.9 Å². The van der Waals surface area contributed by atoms with Crippen molar-refractivity contribution in [3.63, 3.8) is 0 Å². The van der Waals surface area contributed by atoms with Gasteiger partial charge in [0.2, 0.25) is 0 Å². The lowest BCUT2D eigenvalue weighted by molar-refractivity contribution is -0.128. The maximum atomic E-state index is 12.2. The third kappa shape index (κ3) is 12.2. The van der Waals surface area contributed by atoms with Gasteiger partial charge in [-0.2, -0.15) is 0 Å². The predicted molar refractivity (Wildman–Crippen MR) is 165 cm³/mol. The van der Waals surface area contributed by atoms with E-state index in [-0.39, 0.29) is 0 Å². The van der Waals surface area contributed by atoms with E-state index in [2.05, 4.69) is 6.92 Å². The number of anilines is 2. The fourth-order valence-corrected chi connectivity index (χ4v) is 4.24. The summed E-state index contributed by atoms with van der Waals surface area (Å²) in [6, 6.07) is 20.1. The van der Waals surface area contributed by atoms with E-state index in [0.29, 0.717) is 35.9 Å². The smallest absolute Gasteiger partial charge is 0.338 e. The van der Waals surface area contributed by atoms with Gasteiger partial charge in [-0.1, -0.05) is 63.3 Å². The summed E-state index contributed by atoms with van der Waals surface area (Å²) >= 11 is 0. The largest absolute Gasteiger partial charge is 0.494 e. The molecule has 218 valence electrons. The fraction of sp³-hybridized carbons (Fsp3) is 0.353. The fourth-order valence-electron chi connectivity index (χ4n) is 4.24. The second kappa shape index (κ2) is 17.4. The number of hydrogen-bond acceptors (Lipinski definition) is 7. The number of nitrogens with two attached hydrogens (primary N) is 2. The molecule has 3 aromatic carbocycles. The molecule has 0 fully saturated rings. The number of unbranched alkanes of at least 4 members (excludes halogenated alkanes) is 6. The zero-order valence-electron chi connectivity index (χ0n) is 24.0. The lowest BCUT2D eigenvalue weighted by Gasteiger charge is -2.07. The van der Waals surface area contributed by atoms with Crippen LogP contribution in [0.4, 0.5) is 11.4 Å². The Morgan fingerprint density at radius 2 is 1.34 bits per heavy atom. The SMILES string of the molecule is CCCCc1ccc(OC(=O)/C=C/c2ccc(OCCCCCCCCOC(=O)c3cc(N)cc(N)c3)cc2)cc1. The predicted octanol–water partition coefficient (Wildman–Crippen LogP) is 7.39. The Kier molecular flexibility index (Phi) is 13.3. The molecule has 7 nitrogen and oxygen atoms in total. The maximum Gasteiger partial charge on any atom is 0.338 e. The van der Waals surface area contributed by atoms with E-state index < -0.39 is 11.9 Å². The second-order valence-corrected chi connectivity index (χ2v) is 10.1. The van der Waals surface area contributed by atoms with Crippen LogP contribution in [-0.4, -0.2) is 25.2 Å². The van der Waals surface area contributed by atoms with E-state index in [1.54, 1.807) is 24.3 Å². The summed E-state index contributed by atoms with van der Waals surface area (Å²) in [4.78, 5) is 24.2. The van der Waals surface area contributed by atoms with Crippen molar-refractivity contribution in [3.8, 4) is 11.5 Å². The maximum absolute atomic E-state index is 12.2. The molecule has 0 aliphatic rings. The van der Waals surface area contributed by atoms with Crippen LogP contribution in [0.15, 0.2) is 72.8 Å². The van der Waals surface area contributed by atoms with Gasteiger partial charge in [0.25, 0.3) is 0 Å². The average molecular weight is 559 g/mol. The molecule has 0 amide bonds. The molecule has 3 rings (SSSR count). The molecule has 0 saturated heterocycles. The zero-order chi connectivity index (χ0) is 29.3. The molecule has 41 heavy (non-hydrogen) atoms. The van der Waals surface area contributed by atoms with E-state index >= 15 is 0 Å². The van der Waals surface area contributed by atoms with Crippen LogP contribution in [0, 0.1) is 0 Å². The van der Waals surface area contributed by atoms with Gasteiger partial charge in [-0.05, 0) is 85.4 Å². The molecule has 0 saturated carbocycles. The number of nitrogen functional groups attached to an aromatic ring is 2. The third-order valence-electron chi connectivity index (χ3n) is 6.51. The summed E-state index contributed by atoms with van der Waals surface area (Å²) in [6.07, 6.45) is 12.6. The Bertz CT molecular complexity index is 1230. The Morgan fingerprint density at radius 3 is 2.00 bits per heavy atom. The van der Waals surface area contributed by atoms with E-state index in [0.717, 1.165) is 69.1 Å². The van der Waals surface area contributed by atoms with Gasteiger partial charge in [0.1, 0.15) is 11.5 Å². The molecule has 7 heteroatoms. The van der Waals surface area contributed by atoms with Crippen molar-refractivity contribution >= 4 is 29.4 Å². The first kappa shape index (κ1) is 31.3. The van der Waals surface area contributed by atoms with Crippen molar-refractivity contribution in [3.05, 3.63) is 89.5 Å².